The SMILES string of the molecule is CCC1=CC(=O)C(=CNc2ccc(C(=O)CCOC)cc2)C(=O)O1. The molecule has 0 bridgehead atoms. The number of carbonyl (C=O) groups excluding carboxylic acids is 3. The summed E-state index contributed by atoms with van der Waals surface area (Å²) in [6.07, 6.45) is 3.43. The molecular weight excluding hydrogens is 310 g/mol. The van der Waals surface area contributed by atoms with E-state index in [1.54, 1.807) is 38.3 Å². The summed E-state index contributed by atoms with van der Waals surface area (Å²) in [5.74, 6) is -0.703. The molecule has 1 heterocycles. The summed E-state index contributed by atoms with van der Waals surface area (Å²) in [4.78, 5) is 35.5. The van der Waals surface area contributed by atoms with Gasteiger partial charge in [-0.25, -0.2) is 4.79 Å². The molecule has 0 amide bonds. The molecule has 1 aromatic rings. The van der Waals surface area contributed by atoms with E-state index in [0.29, 0.717) is 36.5 Å². The van der Waals surface area contributed by atoms with Gasteiger partial charge in [-0.3, -0.25) is 9.59 Å². The molecule has 1 aliphatic rings. The summed E-state index contributed by atoms with van der Waals surface area (Å²) < 4.78 is 9.91. The molecule has 0 spiro atoms. The van der Waals surface area contributed by atoms with Crippen LogP contribution in [0.4, 0.5) is 5.69 Å². The second-order valence-electron chi connectivity index (χ2n) is 5.16. The number of methoxy groups -OCH3 is 1. The Balaban J connectivity index is 2.04. The van der Waals surface area contributed by atoms with Gasteiger partial charge in [-0.2, -0.15) is 0 Å². The molecule has 1 aliphatic heterocycles. The first-order valence-corrected chi connectivity index (χ1v) is 7.61. The third-order valence-corrected chi connectivity index (χ3v) is 3.47. The molecule has 6 heteroatoms. The molecule has 0 aliphatic carbocycles. The molecule has 0 fully saturated rings. The van der Waals surface area contributed by atoms with Crippen LogP contribution < -0.4 is 5.32 Å². The Bertz CT molecular complexity index is 701. The minimum atomic E-state index is -0.668. The van der Waals surface area contributed by atoms with Gasteiger partial charge < -0.3 is 14.8 Å². The van der Waals surface area contributed by atoms with E-state index < -0.39 is 5.97 Å². The van der Waals surface area contributed by atoms with E-state index in [2.05, 4.69) is 5.32 Å². The Hall–Kier alpha value is -2.73. The highest BCUT2D eigenvalue weighted by Gasteiger charge is 2.25. The molecule has 1 N–H and O–H groups in total. The van der Waals surface area contributed by atoms with Gasteiger partial charge in [-0.1, -0.05) is 6.92 Å². The van der Waals surface area contributed by atoms with E-state index in [0.717, 1.165) is 0 Å². The lowest BCUT2D eigenvalue weighted by atomic mass is 10.1. The van der Waals surface area contributed by atoms with E-state index in [1.807, 2.05) is 0 Å². The molecular formula is C18H19NO5. The number of cyclic esters (lactones) is 1. The van der Waals surface area contributed by atoms with Crippen molar-refractivity contribution in [1.29, 1.82) is 0 Å². The maximum Gasteiger partial charge on any atom is 0.348 e. The third kappa shape index (κ3) is 4.39. The monoisotopic (exact) mass is 329 g/mol. The van der Waals surface area contributed by atoms with Gasteiger partial charge in [0, 0.05) is 43.5 Å². The third-order valence-electron chi connectivity index (χ3n) is 3.47. The minimum absolute atomic E-state index is 0.00924. The summed E-state index contributed by atoms with van der Waals surface area (Å²) in [7, 11) is 1.55. The number of ketones is 2. The highest BCUT2D eigenvalue weighted by atomic mass is 16.5. The first kappa shape index (κ1) is 17.6. The maximum absolute atomic E-state index is 11.9. The van der Waals surface area contributed by atoms with Gasteiger partial charge in [0.05, 0.1) is 6.61 Å². The summed E-state index contributed by atoms with van der Waals surface area (Å²) in [6, 6.07) is 6.75. The van der Waals surface area contributed by atoms with Gasteiger partial charge in [-0.15, -0.1) is 0 Å². The lowest BCUT2D eigenvalue weighted by Gasteiger charge is -2.13. The number of hydrogen-bond acceptors (Lipinski definition) is 6. The zero-order valence-electron chi connectivity index (χ0n) is 13.6. The van der Waals surface area contributed by atoms with Crippen molar-refractivity contribution in [3.05, 3.63) is 53.4 Å². The number of rotatable bonds is 7. The van der Waals surface area contributed by atoms with Crippen molar-refractivity contribution in [3.63, 3.8) is 0 Å². The van der Waals surface area contributed by atoms with Crippen LogP contribution in [0.1, 0.15) is 30.1 Å². The fourth-order valence-corrected chi connectivity index (χ4v) is 2.08. The van der Waals surface area contributed by atoms with Crippen LogP contribution in [0, 0.1) is 0 Å². The fourth-order valence-electron chi connectivity index (χ4n) is 2.08. The van der Waals surface area contributed by atoms with Gasteiger partial charge in [0.15, 0.2) is 11.6 Å². The zero-order chi connectivity index (χ0) is 17.5. The molecule has 126 valence electrons. The van der Waals surface area contributed by atoms with Crippen molar-refractivity contribution in [2.45, 2.75) is 19.8 Å². The molecule has 0 aromatic heterocycles. The van der Waals surface area contributed by atoms with Crippen LogP contribution in [0.5, 0.6) is 0 Å². The number of Topliss-reactive ketones (excluding diaryl/α,β-unsaturated/α-hetero) is 1. The Labute approximate surface area is 140 Å². The Morgan fingerprint density at radius 3 is 2.54 bits per heavy atom. The molecule has 0 saturated carbocycles. The lowest BCUT2D eigenvalue weighted by molar-refractivity contribution is -0.137. The molecule has 1 aromatic carbocycles. The van der Waals surface area contributed by atoms with Gasteiger partial charge in [-0.05, 0) is 24.3 Å². The Kier molecular flexibility index (Phi) is 6.03. The van der Waals surface area contributed by atoms with Crippen LogP contribution in [-0.4, -0.2) is 31.3 Å². The predicted octanol–water partition coefficient (Wildman–Crippen LogP) is 2.62. The second kappa shape index (κ2) is 8.21. The number of anilines is 1. The Morgan fingerprint density at radius 2 is 1.96 bits per heavy atom. The van der Waals surface area contributed by atoms with Crippen molar-refractivity contribution < 1.29 is 23.9 Å². The largest absolute Gasteiger partial charge is 0.427 e. The van der Waals surface area contributed by atoms with Crippen LogP contribution in [0.2, 0.25) is 0 Å². The van der Waals surface area contributed by atoms with Gasteiger partial charge in [0.25, 0.3) is 0 Å². The summed E-state index contributed by atoms with van der Waals surface area (Å²) in [6.45, 7) is 2.18. The van der Waals surface area contributed by atoms with Crippen molar-refractivity contribution in [1.82, 2.24) is 0 Å². The molecule has 0 saturated heterocycles. The fraction of sp³-hybridized carbons (Fsp3) is 0.278. The van der Waals surface area contributed by atoms with Gasteiger partial charge >= 0.3 is 5.97 Å². The normalized spacial score (nSPS) is 15.9. The van der Waals surface area contributed by atoms with Crippen LogP contribution in [-0.2, 0) is 19.1 Å². The van der Waals surface area contributed by atoms with Crippen molar-refractivity contribution in [3.8, 4) is 0 Å². The van der Waals surface area contributed by atoms with E-state index in [-0.39, 0.29) is 17.1 Å². The van der Waals surface area contributed by atoms with Crippen LogP contribution in [0.15, 0.2) is 47.9 Å². The van der Waals surface area contributed by atoms with Crippen LogP contribution in [0.25, 0.3) is 0 Å². The first-order valence-electron chi connectivity index (χ1n) is 7.61. The first-order chi connectivity index (χ1) is 11.5. The van der Waals surface area contributed by atoms with E-state index in [4.69, 9.17) is 9.47 Å². The highest BCUT2D eigenvalue weighted by Crippen LogP contribution is 2.17. The topological polar surface area (TPSA) is 81.7 Å². The molecule has 0 atom stereocenters. The molecule has 6 nitrogen and oxygen atoms in total. The Morgan fingerprint density at radius 1 is 1.25 bits per heavy atom. The van der Waals surface area contributed by atoms with Crippen molar-refractivity contribution >= 4 is 23.2 Å². The standard InChI is InChI=1S/C18H19NO5/c1-3-14-10-17(21)15(18(22)24-14)11-19-13-6-4-12(5-7-13)16(20)8-9-23-2/h4-7,10-11,19H,3,8-9H2,1-2H3. The molecule has 24 heavy (non-hydrogen) atoms. The summed E-state index contributed by atoms with van der Waals surface area (Å²) >= 11 is 0. The molecule has 2 rings (SSSR count). The van der Waals surface area contributed by atoms with Crippen LogP contribution in [0.3, 0.4) is 0 Å². The number of esters is 1. The number of carbonyl (C=O) groups is 3. The van der Waals surface area contributed by atoms with Gasteiger partial charge in [0.2, 0.25) is 0 Å². The van der Waals surface area contributed by atoms with Crippen LogP contribution >= 0.6 is 0 Å². The zero-order valence-corrected chi connectivity index (χ0v) is 13.6. The highest BCUT2D eigenvalue weighted by molar-refractivity contribution is 6.23. The minimum Gasteiger partial charge on any atom is -0.427 e. The number of hydrogen-bond donors (Lipinski definition) is 1. The summed E-state index contributed by atoms with van der Waals surface area (Å²) in [5.41, 5.74) is 1.16. The lowest BCUT2D eigenvalue weighted by Crippen LogP contribution is -2.21. The second-order valence-corrected chi connectivity index (χ2v) is 5.16. The van der Waals surface area contributed by atoms with Crippen molar-refractivity contribution in [2.75, 3.05) is 19.0 Å². The average molecular weight is 329 g/mol. The van der Waals surface area contributed by atoms with E-state index in [9.17, 15) is 14.4 Å². The van der Waals surface area contributed by atoms with Gasteiger partial charge in [0.1, 0.15) is 11.3 Å². The molecule has 0 unspecified atom stereocenters. The van der Waals surface area contributed by atoms with Crippen molar-refractivity contribution in [2.24, 2.45) is 0 Å². The number of ether oxygens (including phenoxy) is 2. The number of nitrogens with one attached hydrogen (secondary N) is 1. The maximum atomic E-state index is 11.9. The van der Waals surface area contributed by atoms with E-state index >= 15 is 0 Å². The number of benzene rings is 1. The quantitative estimate of drug-likeness (QED) is 0.358. The predicted molar refractivity (Wildman–Crippen MR) is 88.4 cm³/mol. The smallest absolute Gasteiger partial charge is 0.348 e. The molecule has 0 radical (unpaired) electrons. The average Bonchev–Trinajstić information content (AvgIpc) is 2.59. The summed E-state index contributed by atoms with van der Waals surface area (Å²) in [5, 5.41) is 2.87. The number of allylic oxidation sites excluding steroid dienone is 2. The van der Waals surface area contributed by atoms with E-state index in [1.165, 1.54) is 12.3 Å².